The highest BCUT2D eigenvalue weighted by atomic mass is 16.5. The highest BCUT2D eigenvalue weighted by Gasteiger charge is 2.23. The second kappa shape index (κ2) is 10.2. The molecular formula is C17H35N3O2. The molecule has 1 fully saturated rings. The molecule has 0 aromatic rings. The number of nitrogens with one attached hydrogen (secondary N) is 1. The van der Waals surface area contributed by atoms with Crippen LogP contribution in [0.5, 0.6) is 0 Å². The lowest BCUT2D eigenvalue weighted by molar-refractivity contribution is -0.136. The van der Waals surface area contributed by atoms with E-state index in [1.165, 1.54) is 6.42 Å². The molecule has 1 saturated heterocycles. The molecule has 5 nitrogen and oxygen atoms in total. The lowest BCUT2D eigenvalue weighted by atomic mass is 10.1. The quantitative estimate of drug-likeness (QED) is 0.654. The molecular weight excluding hydrogens is 278 g/mol. The fourth-order valence-corrected chi connectivity index (χ4v) is 2.66. The van der Waals surface area contributed by atoms with Crippen LogP contribution in [0.1, 0.15) is 34.1 Å². The summed E-state index contributed by atoms with van der Waals surface area (Å²) in [5.41, 5.74) is 0. The Labute approximate surface area is 136 Å². The van der Waals surface area contributed by atoms with E-state index in [0.29, 0.717) is 6.54 Å². The van der Waals surface area contributed by atoms with E-state index >= 15 is 0 Å². The van der Waals surface area contributed by atoms with Crippen LogP contribution in [-0.4, -0.2) is 74.7 Å². The van der Waals surface area contributed by atoms with E-state index in [1.807, 2.05) is 20.9 Å². The van der Waals surface area contributed by atoms with Gasteiger partial charge in [-0.25, -0.2) is 0 Å². The van der Waals surface area contributed by atoms with Gasteiger partial charge in [0, 0.05) is 45.7 Å². The van der Waals surface area contributed by atoms with Gasteiger partial charge in [0.05, 0.1) is 12.7 Å². The predicted octanol–water partition coefficient (Wildman–Crippen LogP) is 1.44. The topological polar surface area (TPSA) is 44.8 Å². The van der Waals surface area contributed by atoms with Crippen LogP contribution in [0.15, 0.2) is 0 Å². The van der Waals surface area contributed by atoms with Crippen LogP contribution < -0.4 is 5.32 Å². The van der Waals surface area contributed by atoms with E-state index in [1.54, 1.807) is 4.90 Å². The molecule has 130 valence electrons. The van der Waals surface area contributed by atoms with Crippen molar-refractivity contribution >= 4 is 5.91 Å². The van der Waals surface area contributed by atoms with Crippen molar-refractivity contribution in [2.24, 2.45) is 11.8 Å². The van der Waals surface area contributed by atoms with Crippen molar-refractivity contribution in [2.45, 2.75) is 40.2 Å². The van der Waals surface area contributed by atoms with Gasteiger partial charge in [-0.05, 0) is 12.5 Å². The largest absolute Gasteiger partial charge is 0.374 e. The number of rotatable bonds is 9. The summed E-state index contributed by atoms with van der Waals surface area (Å²) in [6, 6.07) is 0. The van der Waals surface area contributed by atoms with Crippen LogP contribution in [0.4, 0.5) is 0 Å². The zero-order valence-corrected chi connectivity index (χ0v) is 15.1. The maximum Gasteiger partial charge on any atom is 0.224 e. The van der Waals surface area contributed by atoms with Gasteiger partial charge in [0.2, 0.25) is 5.91 Å². The average Bonchev–Trinajstić information content (AvgIpc) is 2.50. The molecule has 2 atom stereocenters. The van der Waals surface area contributed by atoms with Gasteiger partial charge in [-0.3, -0.25) is 9.69 Å². The van der Waals surface area contributed by atoms with Gasteiger partial charge in [-0.2, -0.15) is 0 Å². The molecule has 0 aromatic heterocycles. The van der Waals surface area contributed by atoms with E-state index in [9.17, 15) is 4.79 Å². The van der Waals surface area contributed by atoms with Crippen molar-refractivity contribution in [3.63, 3.8) is 0 Å². The number of hydrogen-bond donors (Lipinski definition) is 1. The van der Waals surface area contributed by atoms with E-state index in [4.69, 9.17) is 4.74 Å². The molecule has 1 N–H and O–H groups in total. The molecule has 0 radical (unpaired) electrons. The Morgan fingerprint density at radius 1 is 1.41 bits per heavy atom. The van der Waals surface area contributed by atoms with Crippen LogP contribution in [0.2, 0.25) is 0 Å². The molecule has 1 rings (SSSR count). The Hall–Kier alpha value is -0.650. The summed E-state index contributed by atoms with van der Waals surface area (Å²) in [6.45, 7) is 14.9. The second-order valence-corrected chi connectivity index (χ2v) is 6.88. The number of hydrogen-bond acceptors (Lipinski definition) is 4. The van der Waals surface area contributed by atoms with Crippen molar-refractivity contribution in [1.29, 1.82) is 0 Å². The third-order valence-electron chi connectivity index (χ3n) is 4.37. The minimum Gasteiger partial charge on any atom is -0.374 e. The molecule has 0 aromatic carbocycles. The summed E-state index contributed by atoms with van der Waals surface area (Å²) in [5.74, 6) is 0.985. The Bertz CT molecular complexity index is 323. The molecule has 1 amide bonds. The molecule has 1 heterocycles. The van der Waals surface area contributed by atoms with Crippen molar-refractivity contribution in [3.05, 3.63) is 0 Å². The monoisotopic (exact) mass is 313 g/mol. The average molecular weight is 313 g/mol. The van der Waals surface area contributed by atoms with E-state index < -0.39 is 0 Å². The molecule has 0 spiro atoms. The van der Waals surface area contributed by atoms with Crippen LogP contribution in [0, 0.1) is 11.8 Å². The van der Waals surface area contributed by atoms with Crippen LogP contribution in [0.25, 0.3) is 0 Å². The first-order chi connectivity index (χ1) is 10.4. The standard InChI is InChI=1S/C17H35N3O2/c1-6-15(4)11-18-7-8-20-9-10-22-16(13-20)12-19(5)17(21)14(2)3/h14-16,18H,6-13H2,1-5H3/t15?,16-/m0/s1. The first-order valence-corrected chi connectivity index (χ1v) is 8.73. The number of morpholine rings is 1. The number of carbonyl (C=O) groups is 1. The highest BCUT2D eigenvalue weighted by Crippen LogP contribution is 2.08. The first-order valence-electron chi connectivity index (χ1n) is 8.73. The van der Waals surface area contributed by atoms with Crippen molar-refractivity contribution in [2.75, 3.05) is 52.9 Å². The number of likely N-dealkylation sites (N-methyl/N-ethyl adjacent to an activating group) is 1. The number of carbonyl (C=O) groups excluding carboxylic acids is 1. The lowest BCUT2D eigenvalue weighted by Gasteiger charge is -2.35. The molecule has 22 heavy (non-hydrogen) atoms. The minimum absolute atomic E-state index is 0.0504. The Balaban J connectivity index is 2.25. The summed E-state index contributed by atoms with van der Waals surface area (Å²) in [6.07, 6.45) is 1.36. The third kappa shape index (κ3) is 7.07. The minimum atomic E-state index is 0.0504. The van der Waals surface area contributed by atoms with E-state index in [2.05, 4.69) is 24.1 Å². The zero-order chi connectivity index (χ0) is 16.5. The second-order valence-electron chi connectivity index (χ2n) is 6.88. The smallest absolute Gasteiger partial charge is 0.224 e. The fourth-order valence-electron chi connectivity index (χ4n) is 2.66. The van der Waals surface area contributed by atoms with Crippen LogP contribution in [0.3, 0.4) is 0 Å². The van der Waals surface area contributed by atoms with Gasteiger partial charge in [0.1, 0.15) is 0 Å². The first kappa shape index (κ1) is 19.4. The zero-order valence-electron chi connectivity index (χ0n) is 15.1. The predicted molar refractivity (Wildman–Crippen MR) is 91.0 cm³/mol. The van der Waals surface area contributed by atoms with Gasteiger partial charge in [-0.15, -0.1) is 0 Å². The Kier molecular flexibility index (Phi) is 8.98. The van der Waals surface area contributed by atoms with Crippen molar-refractivity contribution < 1.29 is 9.53 Å². The summed E-state index contributed by atoms with van der Waals surface area (Å²) in [4.78, 5) is 16.2. The molecule has 0 saturated carbocycles. The molecule has 0 bridgehead atoms. The molecule has 0 aliphatic carbocycles. The van der Waals surface area contributed by atoms with Crippen LogP contribution >= 0.6 is 0 Å². The highest BCUT2D eigenvalue weighted by molar-refractivity contribution is 5.77. The molecule has 1 aliphatic rings. The molecule has 5 heteroatoms. The van der Waals surface area contributed by atoms with Gasteiger partial charge < -0.3 is 15.0 Å². The normalized spacial score (nSPS) is 21.1. The van der Waals surface area contributed by atoms with Crippen LogP contribution in [-0.2, 0) is 9.53 Å². The van der Waals surface area contributed by atoms with Gasteiger partial charge in [-0.1, -0.05) is 34.1 Å². The Morgan fingerprint density at radius 2 is 2.14 bits per heavy atom. The summed E-state index contributed by atoms with van der Waals surface area (Å²) in [5, 5.41) is 3.53. The van der Waals surface area contributed by atoms with Crippen molar-refractivity contribution in [1.82, 2.24) is 15.1 Å². The third-order valence-corrected chi connectivity index (χ3v) is 4.37. The summed E-state index contributed by atoms with van der Waals surface area (Å²) >= 11 is 0. The maximum atomic E-state index is 11.9. The number of ether oxygens (including phenoxy) is 1. The Morgan fingerprint density at radius 3 is 2.77 bits per heavy atom. The molecule has 1 unspecified atom stereocenters. The van der Waals surface area contributed by atoms with Gasteiger partial charge in [0.25, 0.3) is 0 Å². The summed E-state index contributed by atoms with van der Waals surface area (Å²) < 4.78 is 5.81. The fraction of sp³-hybridized carbons (Fsp3) is 0.941. The van der Waals surface area contributed by atoms with Gasteiger partial charge in [0.15, 0.2) is 0 Å². The summed E-state index contributed by atoms with van der Waals surface area (Å²) in [7, 11) is 1.87. The van der Waals surface area contributed by atoms with E-state index in [-0.39, 0.29) is 17.9 Å². The van der Waals surface area contributed by atoms with Crippen molar-refractivity contribution in [3.8, 4) is 0 Å². The number of nitrogens with zero attached hydrogens (tertiary/aromatic N) is 2. The van der Waals surface area contributed by atoms with Gasteiger partial charge >= 0.3 is 0 Å². The SMILES string of the molecule is CCC(C)CNCCN1CCO[C@@H](CN(C)C(=O)C(C)C)C1. The number of amides is 1. The maximum absolute atomic E-state index is 11.9. The lowest BCUT2D eigenvalue weighted by Crippen LogP contribution is -2.49. The molecule has 1 aliphatic heterocycles. The van der Waals surface area contributed by atoms with E-state index in [0.717, 1.165) is 45.2 Å².